The van der Waals surface area contributed by atoms with Crippen LogP contribution in [0, 0.1) is 5.92 Å². The lowest BCUT2D eigenvalue weighted by molar-refractivity contribution is -0.0102. The lowest BCUT2D eigenvalue weighted by Crippen LogP contribution is -2.24. The Bertz CT molecular complexity index is 329. The van der Waals surface area contributed by atoms with Crippen molar-refractivity contribution in [2.45, 2.75) is 32.3 Å². The van der Waals surface area contributed by atoms with Gasteiger partial charge in [0.25, 0.3) is 0 Å². The minimum absolute atomic E-state index is 0.265. The third kappa shape index (κ3) is 2.45. The first kappa shape index (κ1) is 11.6. The summed E-state index contributed by atoms with van der Waals surface area (Å²) >= 11 is 0. The second kappa shape index (κ2) is 5.46. The van der Waals surface area contributed by atoms with E-state index in [0.29, 0.717) is 6.61 Å². The molecule has 1 heterocycles. The average molecular weight is 220 g/mol. The summed E-state index contributed by atoms with van der Waals surface area (Å²) in [5.74, 6) is 0.265. The van der Waals surface area contributed by atoms with E-state index in [1.54, 1.807) is 0 Å². The molecule has 1 aromatic carbocycles. The maximum atomic E-state index is 10.4. The lowest BCUT2D eigenvalue weighted by Gasteiger charge is -2.28. The predicted octanol–water partition coefficient (Wildman–Crippen LogP) is 2.71. The van der Waals surface area contributed by atoms with Crippen LogP contribution in [-0.4, -0.2) is 18.3 Å². The number of hydrogen-bond acceptors (Lipinski definition) is 2. The predicted molar refractivity (Wildman–Crippen MR) is 64.3 cm³/mol. The fraction of sp³-hybridized carbons (Fsp3) is 0.571. The Hall–Kier alpha value is -0.860. The molecule has 16 heavy (non-hydrogen) atoms. The van der Waals surface area contributed by atoms with Gasteiger partial charge >= 0.3 is 0 Å². The fourth-order valence-corrected chi connectivity index (χ4v) is 2.41. The van der Waals surface area contributed by atoms with Crippen molar-refractivity contribution in [3.05, 3.63) is 35.4 Å². The second-order valence-electron chi connectivity index (χ2n) is 4.47. The van der Waals surface area contributed by atoms with Gasteiger partial charge in [-0.3, -0.25) is 0 Å². The monoisotopic (exact) mass is 220 g/mol. The van der Waals surface area contributed by atoms with Crippen LogP contribution in [0.25, 0.3) is 0 Å². The van der Waals surface area contributed by atoms with E-state index in [9.17, 15) is 5.11 Å². The first-order chi connectivity index (χ1) is 7.83. The largest absolute Gasteiger partial charge is 0.388 e. The van der Waals surface area contributed by atoms with Crippen molar-refractivity contribution in [2.24, 2.45) is 5.92 Å². The van der Waals surface area contributed by atoms with Gasteiger partial charge in [-0.25, -0.2) is 0 Å². The van der Waals surface area contributed by atoms with Crippen molar-refractivity contribution in [1.82, 2.24) is 0 Å². The van der Waals surface area contributed by atoms with Crippen molar-refractivity contribution in [3.8, 4) is 0 Å². The summed E-state index contributed by atoms with van der Waals surface area (Å²) in [6.45, 7) is 3.67. The Morgan fingerprint density at radius 3 is 2.94 bits per heavy atom. The number of aliphatic hydroxyl groups excluding tert-OH is 1. The van der Waals surface area contributed by atoms with Gasteiger partial charge in [0.2, 0.25) is 0 Å². The summed E-state index contributed by atoms with van der Waals surface area (Å²) in [7, 11) is 0. The van der Waals surface area contributed by atoms with Gasteiger partial charge in [-0.05, 0) is 30.4 Å². The number of hydrogen-bond donors (Lipinski definition) is 1. The number of ether oxygens (including phenoxy) is 1. The molecule has 0 bridgehead atoms. The molecular formula is C14H20O2. The first-order valence-corrected chi connectivity index (χ1v) is 6.16. The smallest absolute Gasteiger partial charge is 0.0842 e. The Kier molecular flexibility index (Phi) is 3.97. The summed E-state index contributed by atoms with van der Waals surface area (Å²) in [6, 6.07) is 8.17. The third-order valence-electron chi connectivity index (χ3n) is 3.40. The van der Waals surface area contributed by atoms with Crippen molar-refractivity contribution >= 4 is 0 Å². The maximum Gasteiger partial charge on any atom is 0.0842 e. The van der Waals surface area contributed by atoms with E-state index in [1.165, 1.54) is 5.56 Å². The van der Waals surface area contributed by atoms with E-state index in [1.807, 2.05) is 18.2 Å². The van der Waals surface area contributed by atoms with Crippen LogP contribution < -0.4 is 0 Å². The highest BCUT2D eigenvalue weighted by molar-refractivity contribution is 5.29. The molecule has 1 aliphatic heterocycles. The van der Waals surface area contributed by atoms with Crippen LogP contribution in [0.4, 0.5) is 0 Å². The lowest BCUT2D eigenvalue weighted by atomic mass is 9.88. The van der Waals surface area contributed by atoms with Crippen molar-refractivity contribution in [1.29, 1.82) is 0 Å². The Balaban J connectivity index is 2.15. The molecule has 0 aromatic heterocycles. The van der Waals surface area contributed by atoms with Gasteiger partial charge in [0, 0.05) is 12.5 Å². The molecule has 1 aromatic rings. The molecule has 1 aliphatic rings. The van der Waals surface area contributed by atoms with E-state index in [-0.39, 0.29) is 12.0 Å². The number of rotatable bonds is 3. The average Bonchev–Trinajstić information content (AvgIpc) is 2.39. The Morgan fingerprint density at radius 1 is 1.44 bits per heavy atom. The van der Waals surface area contributed by atoms with Crippen LogP contribution in [0.15, 0.2) is 24.3 Å². The standard InChI is InChI=1S/C14H20O2/c1-2-11-6-3-4-8-13(11)14(15)12-7-5-9-16-10-12/h3-4,6,8,12,14-15H,2,5,7,9-10H2,1H3. The number of benzene rings is 1. The SMILES string of the molecule is CCc1ccccc1C(O)C1CCCOC1. The van der Waals surface area contributed by atoms with E-state index < -0.39 is 0 Å². The summed E-state index contributed by atoms with van der Waals surface area (Å²) < 4.78 is 5.44. The van der Waals surface area contributed by atoms with Crippen LogP contribution >= 0.6 is 0 Å². The minimum Gasteiger partial charge on any atom is -0.388 e. The summed E-state index contributed by atoms with van der Waals surface area (Å²) in [5.41, 5.74) is 2.33. The Labute approximate surface area is 97.3 Å². The molecule has 0 spiro atoms. The topological polar surface area (TPSA) is 29.5 Å². The molecule has 2 heteroatoms. The highest BCUT2D eigenvalue weighted by atomic mass is 16.5. The fourth-order valence-electron chi connectivity index (χ4n) is 2.41. The zero-order valence-corrected chi connectivity index (χ0v) is 9.86. The van der Waals surface area contributed by atoms with E-state index >= 15 is 0 Å². The van der Waals surface area contributed by atoms with Crippen LogP contribution in [0.1, 0.15) is 37.0 Å². The molecule has 0 aliphatic carbocycles. The summed E-state index contributed by atoms with van der Waals surface area (Å²) in [6.07, 6.45) is 2.74. The van der Waals surface area contributed by atoms with Crippen molar-refractivity contribution < 1.29 is 9.84 Å². The van der Waals surface area contributed by atoms with Crippen LogP contribution in [0.3, 0.4) is 0 Å². The van der Waals surface area contributed by atoms with Gasteiger partial charge in [0.05, 0.1) is 12.7 Å². The molecule has 1 N–H and O–H groups in total. The molecule has 0 amide bonds. The van der Waals surface area contributed by atoms with Crippen LogP contribution in [0.2, 0.25) is 0 Å². The Morgan fingerprint density at radius 2 is 2.25 bits per heavy atom. The second-order valence-corrected chi connectivity index (χ2v) is 4.47. The van der Waals surface area contributed by atoms with Gasteiger partial charge in [-0.2, -0.15) is 0 Å². The molecule has 0 radical (unpaired) electrons. The zero-order valence-electron chi connectivity index (χ0n) is 9.86. The molecule has 1 saturated heterocycles. The van der Waals surface area contributed by atoms with E-state index in [4.69, 9.17) is 4.74 Å². The van der Waals surface area contributed by atoms with Crippen molar-refractivity contribution in [3.63, 3.8) is 0 Å². The van der Waals surface area contributed by atoms with Gasteiger partial charge < -0.3 is 9.84 Å². The molecule has 2 rings (SSSR count). The normalized spacial score (nSPS) is 23.0. The molecule has 0 saturated carbocycles. The summed E-state index contributed by atoms with van der Waals surface area (Å²) in [4.78, 5) is 0. The highest BCUT2D eigenvalue weighted by Gasteiger charge is 2.24. The van der Waals surface area contributed by atoms with E-state index in [0.717, 1.165) is 31.4 Å². The van der Waals surface area contributed by atoms with Gasteiger partial charge in [-0.15, -0.1) is 0 Å². The quantitative estimate of drug-likeness (QED) is 0.848. The van der Waals surface area contributed by atoms with Gasteiger partial charge in [0.1, 0.15) is 0 Å². The van der Waals surface area contributed by atoms with Crippen LogP contribution in [0.5, 0.6) is 0 Å². The molecule has 2 atom stereocenters. The highest BCUT2D eigenvalue weighted by Crippen LogP contribution is 2.30. The number of aliphatic hydroxyl groups is 1. The molecule has 1 fully saturated rings. The van der Waals surface area contributed by atoms with Crippen LogP contribution in [-0.2, 0) is 11.2 Å². The first-order valence-electron chi connectivity index (χ1n) is 6.16. The number of aryl methyl sites for hydroxylation is 1. The molecule has 2 unspecified atom stereocenters. The third-order valence-corrected chi connectivity index (χ3v) is 3.40. The molecular weight excluding hydrogens is 200 g/mol. The molecule has 88 valence electrons. The maximum absolute atomic E-state index is 10.4. The van der Waals surface area contributed by atoms with E-state index in [2.05, 4.69) is 13.0 Å². The molecule has 2 nitrogen and oxygen atoms in total. The minimum atomic E-state index is -0.364. The van der Waals surface area contributed by atoms with Crippen molar-refractivity contribution in [2.75, 3.05) is 13.2 Å². The van der Waals surface area contributed by atoms with Gasteiger partial charge in [0.15, 0.2) is 0 Å². The summed E-state index contributed by atoms with van der Waals surface area (Å²) in [5, 5.41) is 10.4. The van der Waals surface area contributed by atoms with Gasteiger partial charge in [-0.1, -0.05) is 31.2 Å². The zero-order chi connectivity index (χ0) is 11.4.